The highest BCUT2D eigenvalue weighted by Crippen LogP contribution is 2.45. The largest absolute Gasteiger partial charge is 0.443 e. The molecule has 0 bridgehead atoms. The maximum atomic E-state index is 14.7. The van der Waals surface area contributed by atoms with Gasteiger partial charge in [-0.3, -0.25) is 0 Å². The number of amides is 2. The molecule has 1 aliphatic rings. The number of hydrogen-bond donors (Lipinski definition) is 0. The second-order valence-electron chi connectivity index (χ2n) is 7.32. The van der Waals surface area contributed by atoms with E-state index in [1.807, 2.05) is 0 Å². The zero-order valence-corrected chi connectivity index (χ0v) is 16.9. The van der Waals surface area contributed by atoms with E-state index in [-0.39, 0.29) is 10.6 Å². The van der Waals surface area contributed by atoms with Gasteiger partial charge in [0, 0.05) is 15.6 Å². The van der Waals surface area contributed by atoms with E-state index >= 15 is 0 Å². The molecule has 2 aromatic carbocycles. The summed E-state index contributed by atoms with van der Waals surface area (Å²) >= 11 is 11.9. The molecule has 0 radical (unpaired) electrons. The van der Waals surface area contributed by atoms with Gasteiger partial charge >= 0.3 is 12.2 Å². The quantitative estimate of drug-likeness (QED) is 0.566. The Balaban J connectivity index is 2.10. The molecular weight excluding hydrogens is 408 g/mol. The van der Waals surface area contributed by atoms with Crippen molar-refractivity contribution in [3.63, 3.8) is 0 Å². The van der Waals surface area contributed by atoms with Crippen LogP contribution in [0.25, 0.3) is 0 Å². The summed E-state index contributed by atoms with van der Waals surface area (Å²) in [6.45, 7) is 5.00. The van der Waals surface area contributed by atoms with Gasteiger partial charge in [-0.25, -0.2) is 18.9 Å². The van der Waals surface area contributed by atoms with E-state index in [1.54, 1.807) is 45.0 Å². The number of carbonyl (C=O) groups excluding carboxylic acids is 2. The van der Waals surface area contributed by atoms with E-state index in [0.717, 1.165) is 11.0 Å². The van der Waals surface area contributed by atoms with E-state index < -0.39 is 35.8 Å². The van der Waals surface area contributed by atoms with E-state index in [4.69, 9.17) is 32.7 Å². The fourth-order valence-electron chi connectivity index (χ4n) is 2.96. The minimum atomic E-state index is -1.09. The van der Waals surface area contributed by atoms with Gasteiger partial charge in [0.2, 0.25) is 0 Å². The minimum Gasteiger partial charge on any atom is -0.443 e. The van der Waals surface area contributed by atoms with Gasteiger partial charge in [0.05, 0.1) is 0 Å². The van der Waals surface area contributed by atoms with Crippen LogP contribution in [0.5, 0.6) is 0 Å². The number of rotatable bonds is 2. The van der Waals surface area contributed by atoms with Crippen LogP contribution in [0.1, 0.15) is 44.0 Å². The number of carbonyl (C=O) groups is 2. The lowest BCUT2D eigenvalue weighted by atomic mass is 9.95. The van der Waals surface area contributed by atoms with Gasteiger partial charge < -0.3 is 9.47 Å². The SMILES string of the molecule is CC(C)(C)OC(=O)N1C(=O)OC(c2cccc(Cl)c2)[C@H]1c1ccc(Cl)cc1F. The van der Waals surface area contributed by atoms with Gasteiger partial charge in [0.15, 0.2) is 6.10 Å². The molecule has 5 nitrogen and oxygen atoms in total. The van der Waals surface area contributed by atoms with Crippen molar-refractivity contribution in [2.24, 2.45) is 0 Å². The predicted octanol–water partition coefficient (Wildman–Crippen LogP) is 6.30. The van der Waals surface area contributed by atoms with E-state index in [2.05, 4.69) is 0 Å². The van der Waals surface area contributed by atoms with Crippen molar-refractivity contribution < 1.29 is 23.5 Å². The Bertz CT molecular complexity index is 929. The molecule has 1 aliphatic heterocycles. The molecule has 1 unspecified atom stereocenters. The number of imide groups is 1. The molecule has 0 aromatic heterocycles. The van der Waals surface area contributed by atoms with E-state index in [9.17, 15) is 14.0 Å². The molecule has 1 saturated heterocycles. The molecule has 0 aliphatic carbocycles. The predicted molar refractivity (Wildman–Crippen MR) is 103 cm³/mol. The van der Waals surface area contributed by atoms with Crippen molar-refractivity contribution in [2.75, 3.05) is 0 Å². The second-order valence-corrected chi connectivity index (χ2v) is 8.19. The normalized spacial score (nSPS) is 19.5. The third-order valence-corrected chi connectivity index (χ3v) is 4.51. The van der Waals surface area contributed by atoms with Gasteiger partial charge in [-0.05, 0) is 50.6 Å². The monoisotopic (exact) mass is 425 g/mol. The van der Waals surface area contributed by atoms with Crippen molar-refractivity contribution in [3.8, 4) is 0 Å². The number of halogens is 3. The van der Waals surface area contributed by atoms with Crippen LogP contribution in [0.2, 0.25) is 10.0 Å². The fraction of sp³-hybridized carbons (Fsp3) is 0.300. The molecule has 2 aromatic rings. The lowest BCUT2D eigenvalue weighted by Crippen LogP contribution is -2.39. The van der Waals surface area contributed by atoms with Gasteiger partial charge in [0.1, 0.15) is 17.5 Å². The standard InChI is InChI=1S/C20H18Cl2FNO4/c1-20(2,3)28-19(26)24-16(14-8-7-13(22)10-15(14)23)17(27-18(24)25)11-5-4-6-12(21)9-11/h4-10,16-17H,1-3H3/t16-,17?/m1/s1. The summed E-state index contributed by atoms with van der Waals surface area (Å²) in [6.07, 6.45) is -2.82. The molecule has 3 rings (SSSR count). The Hall–Kier alpha value is -2.31. The van der Waals surface area contributed by atoms with Gasteiger partial charge in [-0.2, -0.15) is 0 Å². The Morgan fingerprint density at radius 2 is 1.82 bits per heavy atom. The average Bonchev–Trinajstić information content (AvgIpc) is 2.90. The van der Waals surface area contributed by atoms with Gasteiger partial charge in [0.25, 0.3) is 0 Å². The first-order valence-electron chi connectivity index (χ1n) is 8.50. The molecule has 28 heavy (non-hydrogen) atoms. The zero-order chi connectivity index (χ0) is 20.6. The number of hydrogen-bond acceptors (Lipinski definition) is 4. The summed E-state index contributed by atoms with van der Waals surface area (Å²) in [5, 5.41) is 0.606. The third kappa shape index (κ3) is 4.23. The molecule has 0 N–H and O–H groups in total. The molecule has 0 spiro atoms. The summed E-state index contributed by atoms with van der Waals surface area (Å²) in [7, 11) is 0. The van der Waals surface area contributed by atoms with Crippen molar-refractivity contribution in [2.45, 2.75) is 38.5 Å². The first-order valence-corrected chi connectivity index (χ1v) is 9.25. The highest BCUT2D eigenvalue weighted by Gasteiger charge is 2.49. The molecule has 1 fully saturated rings. The molecule has 0 saturated carbocycles. The third-order valence-electron chi connectivity index (χ3n) is 4.04. The second kappa shape index (κ2) is 7.60. The molecule has 1 heterocycles. The lowest BCUT2D eigenvalue weighted by Gasteiger charge is -2.27. The first kappa shape index (κ1) is 20.4. The number of cyclic esters (lactones) is 1. The number of nitrogens with zero attached hydrogens (tertiary/aromatic N) is 1. The molecule has 8 heteroatoms. The number of ether oxygens (including phenoxy) is 2. The van der Waals surface area contributed by atoms with Crippen LogP contribution in [0.3, 0.4) is 0 Å². The van der Waals surface area contributed by atoms with E-state index in [1.165, 1.54) is 12.1 Å². The van der Waals surface area contributed by atoms with Crippen LogP contribution in [0.4, 0.5) is 14.0 Å². The smallest absolute Gasteiger partial charge is 0.420 e. The number of benzene rings is 2. The summed E-state index contributed by atoms with van der Waals surface area (Å²) in [6, 6.07) is 9.54. The fourth-order valence-corrected chi connectivity index (χ4v) is 3.31. The van der Waals surface area contributed by atoms with Crippen molar-refractivity contribution in [1.82, 2.24) is 4.90 Å². The highest BCUT2D eigenvalue weighted by molar-refractivity contribution is 6.30. The Morgan fingerprint density at radius 1 is 1.14 bits per heavy atom. The minimum absolute atomic E-state index is 0.0751. The van der Waals surface area contributed by atoms with Crippen LogP contribution in [-0.4, -0.2) is 22.7 Å². The Labute approximate surface area is 171 Å². The van der Waals surface area contributed by atoms with Crippen molar-refractivity contribution in [3.05, 3.63) is 69.5 Å². The highest BCUT2D eigenvalue weighted by atomic mass is 35.5. The van der Waals surface area contributed by atoms with E-state index in [0.29, 0.717) is 10.6 Å². The van der Waals surface area contributed by atoms with Crippen LogP contribution in [0.15, 0.2) is 42.5 Å². The maximum absolute atomic E-state index is 14.7. The van der Waals surface area contributed by atoms with Crippen molar-refractivity contribution in [1.29, 1.82) is 0 Å². The van der Waals surface area contributed by atoms with Crippen LogP contribution >= 0.6 is 23.2 Å². The van der Waals surface area contributed by atoms with Crippen LogP contribution < -0.4 is 0 Å². The molecule has 148 valence electrons. The van der Waals surface area contributed by atoms with Gasteiger partial charge in [-0.1, -0.05) is 41.4 Å². The molecular formula is C20H18Cl2FNO4. The lowest BCUT2D eigenvalue weighted by molar-refractivity contribution is 0.0283. The molecule has 2 atom stereocenters. The van der Waals surface area contributed by atoms with Crippen molar-refractivity contribution >= 4 is 35.4 Å². The topological polar surface area (TPSA) is 55.8 Å². The summed E-state index contributed by atoms with van der Waals surface area (Å²) < 4.78 is 25.5. The van der Waals surface area contributed by atoms with Crippen LogP contribution in [-0.2, 0) is 9.47 Å². The summed E-state index contributed by atoms with van der Waals surface area (Å²) in [5.74, 6) is -0.670. The van der Waals surface area contributed by atoms with Gasteiger partial charge in [-0.15, -0.1) is 0 Å². The zero-order valence-electron chi connectivity index (χ0n) is 15.4. The maximum Gasteiger partial charge on any atom is 0.420 e. The first-order chi connectivity index (χ1) is 13.1. The summed E-state index contributed by atoms with van der Waals surface area (Å²) in [4.78, 5) is 26.0. The molecule has 2 amide bonds. The Kier molecular flexibility index (Phi) is 5.55. The Morgan fingerprint density at radius 3 is 2.43 bits per heavy atom. The average molecular weight is 426 g/mol. The van der Waals surface area contributed by atoms with Crippen LogP contribution in [0, 0.1) is 5.82 Å². The summed E-state index contributed by atoms with van der Waals surface area (Å²) in [5.41, 5.74) is -0.258.